The predicted octanol–water partition coefficient (Wildman–Crippen LogP) is 0.175. The maximum absolute atomic E-state index is 11.9. The van der Waals surface area contributed by atoms with Crippen LogP contribution in [0.3, 0.4) is 0 Å². The molecule has 3 rings (SSSR count). The number of fused-ring (bicyclic) bond motifs is 1. The van der Waals surface area contributed by atoms with Crippen LogP contribution in [0.25, 0.3) is 0 Å². The molecular formula is C11H15N3O4S. The molecule has 1 saturated heterocycles. The van der Waals surface area contributed by atoms with Gasteiger partial charge in [0.25, 0.3) is 0 Å². The second kappa shape index (κ2) is 4.29. The number of aryl methyl sites for hydroxylation is 1. The number of carboxylic acids is 1. The van der Waals surface area contributed by atoms with Crippen molar-refractivity contribution in [1.29, 1.82) is 0 Å². The maximum Gasteiger partial charge on any atom is 0.307 e. The molecule has 0 aliphatic carbocycles. The van der Waals surface area contributed by atoms with Gasteiger partial charge in [0.1, 0.15) is 11.1 Å². The van der Waals surface area contributed by atoms with Crippen molar-refractivity contribution < 1.29 is 18.3 Å². The van der Waals surface area contributed by atoms with E-state index in [9.17, 15) is 13.2 Å². The Hall–Kier alpha value is -1.44. The Balaban J connectivity index is 1.90. The van der Waals surface area contributed by atoms with Gasteiger partial charge in [-0.1, -0.05) is 0 Å². The smallest absolute Gasteiger partial charge is 0.307 e. The molecular weight excluding hydrogens is 270 g/mol. The minimum atomic E-state index is -3.12. The quantitative estimate of drug-likeness (QED) is 0.831. The summed E-state index contributed by atoms with van der Waals surface area (Å²) in [5.74, 6) is -0.137. The van der Waals surface area contributed by atoms with Gasteiger partial charge in [-0.05, 0) is 19.3 Å². The van der Waals surface area contributed by atoms with Gasteiger partial charge in [-0.15, -0.1) is 0 Å². The third-order valence-corrected chi connectivity index (χ3v) is 6.02. The minimum absolute atomic E-state index is 0.194. The number of nitrogens with zero attached hydrogens (tertiary/aromatic N) is 3. The van der Waals surface area contributed by atoms with Crippen LogP contribution in [-0.2, 0) is 27.6 Å². The van der Waals surface area contributed by atoms with Crippen molar-refractivity contribution in [3.05, 3.63) is 11.6 Å². The topological polar surface area (TPSA) is 102 Å². The molecule has 2 aliphatic heterocycles. The lowest BCUT2D eigenvalue weighted by molar-refractivity contribution is -0.142. The van der Waals surface area contributed by atoms with Crippen LogP contribution in [0.15, 0.2) is 0 Å². The normalized spacial score (nSPS) is 29.1. The third-order valence-electron chi connectivity index (χ3n) is 3.85. The van der Waals surface area contributed by atoms with Crippen LogP contribution in [0.5, 0.6) is 0 Å². The predicted molar refractivity (Wildman–Crippen MR) is 65.2 cm³/mol. The van der Waals surface area contributed by atoms with E-state index >= 15 is 0 Å². The first kappa shape index (κ1) is 12.6. The molecule has 7 nitrogen and oxygen atoms in total. The van der Waals surface area contributed by atoms with E-state index < -0.39 is 27.0 Å². The molecule has 1 fully saturated rings. The van der Waals surface area contributed by atoms with E-state index in [2.05, 4.69) is 10.1 Å². The van der Waals surface area contributed by atoms with Gasteiger partial charge in [-0.2, -0.15) is 5.10 Å². The molecule has 0 saturated carbocycles. The van der Waals surface area contributed by atoms with Gasteiger partial charge in [0.05, 0.1) is 11.7 Å². The molecule has 2 atom stereocenters. The summed E-state index contributed by atoms with van der Waals surface area (Å²) in [4.78, 5) is 15.2. The molecule has 19 heavy (non-hydrogen) atoms. The molecule has 1 N–H and O–H groups in total. The first-order valence-electron chi connectivity index (χ1n) is 6.35. The molecule has 0 aromatic carbocycles. The van der Waals surface area contributed by atoms with Crippen molar-refractivity contribution in [2.75, 3.05) is 5.75 Å². The molecule has 8 heteroatoms. The molecule has 3 heterocycles. The standard InChI is InChI=1S/C11H15N3O4S/c15-11(16)7-3-4-14-9(6-7)12-10(13-14)8-2-1-5-19(8,17)18/h7-8H,1-6H2,(H,15,16). The molecule has 0 bridgehead atoms. The Morgan fingerprint density at radius 3 is 2.79 bits per heavy atom. The van der Waals surface area contributed by atoms with E-state index in [1.807, 2.05) is 0 Å². The van der Waals surface area contributed by atoms with E-state index in [-0.39, 0.29) is 5.75 Å². The fourth-order valence-corrected chi connectivity index (χ4v) is 4.55. The fourth-order valence-electron chi connectivity index (χ4n) is 2.75. The van der Waals surface area contributed by atoms with Crippen molar-refractivity contribution in [2.45, 2.75) is 37.5 Å². The zero-order chi connectivity index (χ0) is 13.6. The minimum Gasteiger partial charge on any atom is -0.481 e. The summed E-state index contributed by atoms with van der Waals surface area (Å²) < 4.78 is 25.4. The monoisotopic (exact) mass is 285 g/mol. The summed E-state index contributed by atoms with van der Waals surface area (Å²) in [7, 11) is -3.12. The number of carboxylic acid groups (broad SMARTS) is 1. The van der Waals surface area contributed by atoms with E-state index in [4.69, 9.17) is 5.11 Å². The van der Waals surface area contributed by atoms with Crippen molar-refractivity contribution in [3.8, 4) is 0 Å². The van der Waals surface area contributed by atoms with Crippen molar-refractivity contribution in [3.63, 3.8) is 0 Å². The number of rotatable bonds is 2. The average molecular weight is 285 g/mol. The Morgan fingerprint density at radius 2 is 2.16 bits per heavy atom. The Bertz CT molecular complexity index is 622. The Labute approximate surface area is 110 Å². The highest BCUT2D eigenvalue weighted by molar-refractivity contribution is 7.91. The first-order valence-corrected chi connectivity index (χ1v) is 8.07. The number of hydrogen-bond acceptors (Lipinski definition) is 5. The first-order chi connectivity index (χ1) is 8.97. The molecule has 2 aliphatic rings. The Kier molecular flexibility index (Phi) is 2.84. The van der Waals surface area contributed by atoms with E-state index in [1.165, 1.54) is 0 Å². The molecule has 0 amide bonds. The zero-order valence-electron chi connectivity index (χ0n) is 10.3. The van der Waals surface area contributed by atoms with Gasteiger partial charge >= 0.3 is 5.97 Å². The van der Waals surface area contributed by atoms with Gasteiger partial charge in [0, 0.05) is 13.0 Å². The highest BCUT2D eigenvalue weighted by atomic mass is 32.2. The maximum atomic E-state index is 11.9. The van der Waals surface area contributed by atoms with Crippen LogP contribution in [0, 0.1) is 5.92 Å². The van der Waals surface area contributed by atoms with Crippen LogP contribution in [0.4, 0.5) is 0 Å². The number of aromatic nitrogens is 3. The van der Waals surface area contributed by atoms with Gasteiger partial charge in [0.15, 0.2) is 15.7 Å². The molecule has 104 valence electrons. The van der Waals surface area contributed by atoms with Crippen molar-refractivity contribution in [2.24, 2.45) is 5.92 Å². The molecule has 1 aromatic rings. The summed E-state index contributed by atoms with van der Waals surface area (Å²) in [5, 5.41) is 12.7. The van der Waals surface area contributed by atoms with E-state index in [1.54, 1.807) is 4.68 Å². The van der Waals surface area contributed by atoms with E-state index in [0.29, 0.717) is 43.9 Å². The van der Waals surface area contributed by atoms with Crippen molar-refractivity contribution in [1.82, 2.24) is 14.8 Å². The number of carbonyl (C=O) groups is 1. The molecule has 1 aromatic heterocycles. The van der Waals surface area contributed by atoms with Crippen LogP contribution >= 0.6 is 0 Å². The van der Waals surface area contributed by atoms with E-state index in [0.717, 1.165) is 0 Å². The zero-order valence-corrected chi connectivity index (χ0v) is 11.1. The Morgan fingerprint density at radius 1 is 1.37 bits per heavy atom. The van der Waals surface area contributed by atoms with Crippen molar-refractivity contribution >= 4 is 15.8 Å². The summed E-state index contributed by atoms with van der Waals surface area (Å²) >= 11 is 0. The lowest BCUT2D eigenvalue weighted by atomic mass is 9.98. The second-order valence-electron chi connectivity index (χ2n) is 5.14. The summed E-state index contributed by atoms with van der Waals surface area (Å²) in [6, 6.07) is 0. The summed E-state index contributed by atoms with van der Waals surface area (Å²) in [6.45, 7) is 0.492. The number of hydrogen-bond donors (Lipinski definition) is 1. The SMILES string of the molecule is O=C(O)C1CCn2nc(C3CCCS3(=O)=O)nc2C1. The summed E-state index contributed by atoms with van der Waals surface area (Å²) in [6.07, 6.45) is 2.06. The molecule has 0 spiro atoms. The number of aliphatic carboxylic acids is 1. The second-order valence-corrected chi connectivity index (χ2v) is 7.44. The fraction of sp³-hybridized carbons (Fsp3) is 0.727. The molecule has 2 unspecified atom stereocenters. The van der Waals surface area contributed by atoms with Crippen LogP contribution in [0.2, 0.25) is 0 Å². The van der Waals surface area contributed by atoms with Gasteiger partial charge < -0.3 is 5.11 Å². The van der Waals surface area contributed by atoms with Gasteiger partial charge in [0.2, 0.25) is 0 Å². The molecule has 0 radical (unpaired) electrons. The van der Waals surface area contributed by atoms with Crippen LogP contribution in [-0.4, -0.2) is 40.0 Å². The summed E-state index contributed by atoms with van der Waals surface area (Å²) in [5.41, 5.74) is 0. The van der Waals surface area contributed by atoms with Gasteiger partial charge in [-0.25, -0.2) is 18.1 Å². The highest BCUT2D eigenvalue weighted by Crippen LogP contribution is 2.33. The largest absolute Gasteiger partial charge is 0.481 e. The number of sulfone groups is 1. The average Bonchev–Trinajstić information content (AvgIpc) is 2.89. The van der Waals surface area contributed by atoms with Crippen LogP contribution < -0.4 is 0 Å². The third kappa shape index (κ3) is 2.13. The lowest BCUT2D eigenvalue weighted by Gasteiger charge is -2.17. The highest BCUT2D eigenvalue weighted by Gasteiger charge is 2.37. The van der Waals surface area contributed by atoms with Gasteiger partial charge in [-0.3, -0.25) is 4.79 Å². The van der Waals surface area contributed by atoms with Crippen LogP contribution in [0.1, 0.15) is 36.2 Å². The lowest BCUT2D eigenvalue weighted by Crippen LogP contribution is -2.26.